The van der Waals surface area contributed by atoms with Crippen molar-refractivity contribution < 1.29 is 19.7 Å². The summed E-state index contributed by atoms with van der Waals surface area (Å²) in [5.41, 5.74) is 2.20. The van der Waals surface area contributed by atoms with Crippen LogP contribution in [0.1, 0.15) is 30.9 Å². The summed E-state index contributed by atoms with van der Waals surface area (Å²) >= 11 is 0. The van der Waals surface area contributed by atoms with Gasteiger partial charge in [0.2, 0.25) is 5.91 Å². The van der Waals surface area contributed by atoms with E-state index in [1.54, 1.807) is 18.2 Å². The minimum absolute atomic E-state index is 0.119. The summed E-state index contributed by atoms with van der Waals surface area (Å²) in [5.74, 6) is 0.184. The normalized spacial score (nSPS) is 16.9. The maximum atomic E-state index is 12.5. The number of aromatic hydroxyl groups is 1. The zero-order valence-corrected chi connectivity index (χ0v) is 15.6. The molecule has 0 saturated carbocycles. The Hall–Kier alpha value is -2.57. The number of fused-ring (bicyclic) bond motifs is 1. The van der Waals surface area contributed by atoms with Crippen LogP contribution >= 0.6 is 0 Å². The maximum Gasteiger partial charge on any atom is 0.232 e. The molecule has 0 aromatic heterocycles. The molecule has 2 unspecified atom stereocenters. The molecule has 2 aromatic carbocycles. The fourth-order valence-electron chi connectivity index (χ4n) is 3.20. The van der Waals surface area contributed by atoms with Crippen LogP contribution < -0.4 is 15.4 Å². The van der Waals surface area contributed by atoms with E-state index in [0.717, 1.165) is 5.56 Å². The number of hydrogen-bond donors (Lipinski definition) is 4. The summed E-state index contributed by atoms with van der Waals surface area (Å²) in [6.07, 6.45) is -0.270. The number of phenolic OH excluding ortho intramolecular Hbond substituents is 1. The van der Waals surface area contributed by atoms with Crippen LogP contribution in [0.3, 0.4) is 0 Å². The van der Waals surface area contributed by atoms with Gasteiger partial charge in [-0.3, -0.25) is 4.79 Å². The number of benzene rings is 2. The molecule has 4 N–H and O–H groups in total. The third-order valence-corrected chi connectivity index (χ3v) is 4.60. The zero-order valence-electron chi connectivity index (χ0n) is 15.6. The van der Waals surface area contributed by atoms with Crippen LogP contribution in [0, 0.1) is 0 Å². The topological polar surface area (TPSA) is 90.8 Å². The fourth-order valence-corrected chi connectivity index (χ4v) is 3.20. The molecule has 0 saturated heterocycles. The van der Waals surface area contributed by atoms with E-state index in [-0.39, 0.29) is 24.3 Å². The zero-order chi connectivity index (χ0) is 19.4. The van der Waals surface area contributed by atoms with Crippen LogP contribution in [-0.2, 0) is 11.2 Å². The van der Waals surface area contributed by atoms with Crippen LogP contribution in [0.15, 0.2) is 42.5 Å². The maximum absolute atomic E-state index is 12.5. The first-order chi connectivity index (χ1) is 13.0. The van der Waals surface area contributed by atoms with E-state index in [1.807, 2.05) is 38.1 Å². The number of anilines is 1. The average molecular weight is 370 g/mol. The summed E-state index contributed by atoms with van der Waals surface area (Å²) in [7, 11) is 0. The number of carbonyl (C=O) groups is 1. The lowest BCUT2D eigenvalue weighted by Crippen LogP contribution is -2.35. The van der Waals surface area contributed by atoms with Crippen LogP contribution in [0.4, 0.5) is 5.69 Å². The van der Waals surface area contributed by atoms with E-state index >= 15 is 0 Å². The molecular weight excluding hydrogens is 344 g/mol. The van der Waals surface area contributed by atoms with Crippen molar-refractivity contribution in [3.63, 3.8) is 0 Å². The highest BCUT2D eigenvalue weighted by Gasteiger charge is 2.34. The molecule has 27 heavy (non-hydrogen) atoms. The van der Waals surface area contributed by atoms with E-state index in [2.05, 4.69) is 10.6 Å². The van der Waals surface area contributed by atoms with Crippen LogP contribution in [0.2, 0.25) is 0 Å². The Morgan fingerprint density at radius 3 is 2.70 bits per heavy atom. The van der Waals surface area contributed by atoms with Gasteiger partial charge in [0.25, 0.3) is 0 Å². The molecule has 0 radical (unpaired) electrons. The summed E-state index contributed by atoms with van der Waals surface area (Å²) in [4.78, 5) is 12.5. The molecule has 144 valence electrons. The second kappa shape index (κ2) is 8.41. The second-order valence-corrected chi connectivity index (χ2v) is 7.12. The predicted molar refractivity (Wildman–Crippen MR) is 104 cm³/mol. The summed E-state index contributed by atoms with van der Waals surface area (Å²) in [6.45, 7) is 4.59. The van der Waals surface area contributed by atoms with Gasteiger partial charge in [-0.1, -0.05) is 38.1 Å². The standard InChI is InChI=1S/C21H26N2O4/c1-13(2)22-11-15(24)12-27-19-9-5-7-17-20(19)16(21(26)23-17)10-14-6-3-4-8-18(14)25/h3-9,13,15-16,22,24-25H,10-12H2,1-2H3,(H,23,26). The van der Waals surface area contributed by atoms with Gasteiger partial charge in [0.15, 0.2) is 0 Å². The minimum Gasteiger partial charge on any atom is -0.508 e. The Morgan fingerprint density at radius 2 is 1.96 bits per heavy atom. The van der Waals surface area contributed by atoms with Crippen molar-refractivity contribution in [2.45, 2.75) is 38.3 Å². The third kappa shape index (κ3) is 4.59. The van der Waals surface area contributed by atoms with Gasteiger partial charge < -0.3 is 25.6 Å². The Labute approximate surface area is 159 Å². The van der Waals surface area contributed by atoms with E-state index in [1.165, 1.54) is 0 Å². The van der Waals surface area contributed by atoms with E-state index in [0.29, 0.717) is 30.0 Å². The minimum atomic E-state index is -0.648. The number of aliphatic hydroxyl groups excluding tert-OH is 1. The molecule has 3 rings (SSSR count). The number of amides is 1. The van der Waals surface area contributed by atoms with Gasteiger partial charge in [-0.15, -0.1) is 0 Å². The van der Waals surface area contributed by atoms with Gasteiger partial charge in [0, 0.05) is 23.8 Å². The summed E-state index contributed by atoms with van der Waals surface area (Å²) in [5, 5.41) is 26.2. The number of phenols is 1. The van der Waals surface area contributed by atoms with Gasteiger partial charge in [-0.25, -0.2) is 0 Å². The molecule has 2 aromatic rings. The molecule has 1 heterocycles. The van der Waals surface area contributed by atoms with Crippen molar-refractivity contribution in [2.75, 3.05) is 18.5 Å². The second-order valence-electron chi connectivity index (χ2n) is 7.12. The number of rotatable bonds is 8. The number of aliphatic hydroxyl groups is 1. The number of para-hydroxylation sites is 1. The van der Waals surface area contributed by atoms with Crippen LogP contribution in [-0.4, -0.2) is 41.4 Å². The highest BCUT2D eigenvalue weighted by Crippen LogP contribution is 2.41. The average Bonchev–Trinajstić information content (AvgIpc) is 2.96. The number of carbonyl (C=O) groups excluding carboxylic acids is 1. The molecule has 6 nitrogen and oxygen atoms in total. The first kappa shape index (κ1) is 19.2. The first-order valence-electron chi connectivity index (χ1n) is 9.20. The lowest BCUT2D eigenvalue weighted by atomic mass is 9.92. The van der Waals surface area contributed by atoms with Crippen LogP contribution in [0.5, 0.6) is 11.5 Å². The molecule has 1 aliphatic rings. The van der Waals surface area contributed by atoms with Gasteiger partial charge in [-0.05, 0) is 30.2 Å². The molecule has 6 heteroatoms. The SMILES string of the molecule is CC(C)NCC(O)COc1cccc2c1C(Cc1ccccc1O)C(=O)N2. The quantitative estimate of drug-likeness (QED) is 0.573. The summed E-state index contributed by atoms with van der Waals surface area (Å²) in [6, 6.07) is 12.8. The van der Waals surface area contributed by atoms with Crippen molar-refractivity contribution in [1.29, 1.82) is 0 Å². The Bertz CT molecular complexity index is 807. The first-order valence-corrected chi connectivity index (χ1v) is 9.20. The van der Waals surface area contributed by atoms with E-state index < -0.39 is 12.0 Å². The van der Waals surface area contributed by atoms with Crippen molar-refractivity contribution in [2.24, 2.45) is 0 Å². The van der Waals surface area contributed by atoms with E-state index in [4.69, 9.17) is 4.74 Å². The monoisotopic (exact) mass is 370 g/mol. The summed E-state index contributed by atoms with van der Waals surface area (Å²) < 4.78 is 5.84. The lowest BCUT2D eigenvalue weighted by Gasteiger charge is -2.18. The molecule has 0 fully saturated rings. The van der Waals surface area contributed by atoms with Gasteiger partial charge in [-0.2, -0.15) is 0 Å². The fraction of sp³-hybridized carbons (Fsp3) is 0.381. The Kier molecular flexibility index (Phi) is 5.98. The largest absolute Gasteiger partial charge is 0.508 e. The number of nitrogens with one attached hydrogen (secondary N) is 2. The van der Waals surface area contributed by atoms with Gasteiger partial charge in [0.1, 0.15) is 24.2 Å². The highest BCUT2D eigenvalue weighted by molar-refractivity contribution is 6.04. The highest BCUT2D eigenvalue weighted by atomic mass is 16.5. The molecule has 1 amide bonds. The number of ether oxygens (including phenoxy) is 1. The molecule has 2 atom stereocenters. The molecule has 0 aliphatic carbocycles. The smallest absolute Gasteiger partial charge is 0.232 e. The van der Waals surface area contributed by atoms with Crippen molar-refractivity contribution in [1.82, 2.24) is 5.32 Å². The molecule has 0 bridgehead atoms. The Morgan fingerprint density at radius 1 is 1.19 bits per heavy atom. The van der Waals surface area contributed by atoms with Crippen molar-refractivity contribution in [3.8, 4) is 11.5 Å². The lowest BCUT2D eigenvalue weighted by molar-refractivity contribution is -0.117. The number of hydrogen-bond acceptors (Lipinski definition) is 5. The van der Waals surface area contributed by atoms with E-state index in [9.17, 15) is 15.0 Å². The molecule has 0 spiro atoms. The predicted octanol–water partition coefficient (Wildman–Crippen LogP) is 2.41. The molecule has 1 aliphatic heterocycles. The molecular formula is C21H26N2O4. The van der Waals surface area contributed by atoms with Gasteiger partial charge >= 0.3 is 0 Å². The van der Waals surface area contributed by atoms with Crippen molar-refractivity contribution in [3.05, 3.63) is 53.6 Å². The Balaban J connectivity index is 1.76. The third-order valence-electron chi connectivity index (χ3n) is 4.60. The van der Waals surface area contributed by atoms with Crippen LogP contribution in [0.25, 0.3) is 0 Å². The van der Waals surface area contributed by atoms with Gasteiger partial charge in [0.05, 0.1) is 5.92 Å². The van der Waals surface area contributed by atoms with Crippen molar-refractivity contribution >= 4 is 11.6 Å².